The number of hydrogen-bond acceptors (Lipinski definition) is 3. The van der Waals surface area contributed by atoms with Gasteiger partial charge in [0.25, 0.3) is 0 Å². The molecule has 0 saturated heterocycles. The standard InChI is InChI=1S/C14H27NO2/c1-5-17-14(16)10-13(15(3)4)12-8-6-7-11(2)9-12/h11-13H,5-10H2,1-4H3. The molecule has 0 amide bonds. The second kappa shape index (κ2) is 7.00. The van der Waals surface area contributed by atoms with Gasteiger partial charge in [-0.15, -0.1) is 0 Å². The van der Waals surface area contributed by atoms with E-state index in [1.807, 2.05) is 6.92 Å². The van der Waals surface area contributed by atoms with Gasteiger partial charge >= 0.3 is 5.97 Å². The Morgan fingerprint density at radius 3 is 2.65 bits per heavy atom. The maximum Gasteiger partial charge on any atom is 0.307 e. The molecule has 100 valence electrons. The molecule has 17 heavy (non-hydrogen) atoms. The highest BCUT2D eigenvalue weighted by Gasteiger charge is 2.29. The fraction of sp³-hybridized carbons (Fsp3) is 0.929. The lowest BCUT2D eigenvalue weighted by Gasteiger charge is -2.36. The largest absolute Gasteiger partial charge is 0.466 e. The Balaban J connectivity index is 2.55. The SMILES string of the molecule is CCOC(=O)CC(C1CCCC(C)C1)N(C)C. The van der Waals surface area contributed by atoms with Crippen LogP contribution in [0.2, 0.25) is 0 Å². The second-order valence-electron chi connectivity index (χ2n) is 5.57. The molecular weight excluding hydrogens is 214 g/mol. The highest BCUT2D eigenvalue weighted by molar-refractivity contribution is 5.70. The first kappa shape index (κ1) is 14.5. The van der Waals surface area contributed by atoms with E-state index >= 15 is 0 Å². The molecule has 0 aromatic rings. The lowest BCUT2D eigenvalue weighted by molar-refractivity contribution is -0.145. The fourth-order valence-electron chi connectivity index (χ4n) is 2.99. The van der Waals surface area contributed by atoms with Gasteiger partial charge in [-0.2, -0.15) is 0 Å². The van der Waals surface area contributed by atoms with Crippen LogP contribution in [0.15, 0.2) is 0 Å². The Labute approximate surface area is 106 Å². The van der Waals surface area contributed by atoms with Crippen LogP contribution in [0, 0.1) is 11.8 Å². The van der Waals surface area contributed by atoms with Crippen LogP contribution >= 0.6 is 0 Å². The third-order valence-electron chi connectivity index (χ3n) is 3.87. The summed E-state index contributed by atoms with van der Waals surface area (Å²) in [4.78, 5) is 13.8. The number of carbonyl (C=O) groups excluding carboxylic acids is 1. The number of ether oxygens (including phenoxy) is 1. The fourth-order valence-corrected chi connectivity index (χ4v) is 2.99. The molecule has 1 aliphatic rings. The van der Waals surface area contributed by atoms with Crippen LogP contribution in [0.1, 0.15) is 46.0 Å². The molecule has 1 aliphatic carbocycles. The first-order valence-electron chi connectivity index (χ1n) is 6.86. The third kappa shape index (κ3) is 4.66. The Bertz CT molecular complexity index is 240. The van der Waals surface area contributed by atoms with E-state index in [2.05, 4.69) is 25.9 Å². The number of nitrogens with zero attached hydrogens (tertiary/aromatic N) is 1. The molecule has 3 unspecified atom stereocenters. The molecule has 0 bridgehead atoms. The van der Waals surface area contributed by atoms with Gasteiger partial charge in [-0.3, -0.25) is 4.79 Å². The molecule has 0 N–H and O–H groups in total. The molecule has 0 aliphatic heterocycles. The second-order valence-corrected chi connectivity index (χ2v) is 5.57. The maximum absolute atomic E-state index is 11.6. The zero-order chi connectivity index (χ0) is 12.8. The van der Waals surface area contributed by atoms with Gasteiger partial charge in [0.1, 0.15) is 0 Å². The van der Waals surface area contributed by atoms with Crippen LogP contribution in [0.4, 0.5) is 0 Å². The first-order valence-corrected chi connectivity index (χ1v) is 6.86. The summed E-state index contributed by atoms with van der Waals surface area (Å²) in [5.74, 6) is 1.40. The molecule has 0 heterocycles. The summed E-state index contributed by atoms with van der Waals surface area (Å²) in [6.07, 6.45) is 5.70. The van der Waals surface area contributed by atoms with Crippen LogP contribution in [0.3, 0.4) is 0 Å². The van der Waals surface area contributed by atoms with Crippen molar-refractivity contribution < 1.29 is 9.53 Å². The minimum atomic E-state index is -0.0515. The molecule has 3 nitrogen and oxygen atoms in total. The average molecular weight is 241 g/mol. The van der Waals surface area contributed by atoms with E-state index in [-0.39, 0.29) is 5.97 Å². The molecule has 0 radical (unpaired) electrons. The summed E-state index contributed by atoms with van der Waals surface area (Å²) in [6.45, 7) is 4.68. The zero-order valence-electron chi connectivity index (χ0n) is 11.7. The molecule has 0 aromatic carbocycles. The molecule has 3 atom stereocenters. The normalized spacial score (nSPS) is 26.9. The summed E-state index contributed by atoms with van der Waals surface area (Å²) in [5, 5.41) is 0. The van der Waals surface area contributed by atoms with Crippen LogP contribution in [0.5, 0.6) is 0 Å². The van der Waals surface area contributed by atoms with Crippen molar-refractivity contribution >= 4 is 5.97 Å². The van der Waals surface area contributed by atoms with E-state index in [4.69, 9.17) is 4.74 Å². The summed E-state index contributed by atoms with van der Waals surface area (Å²) >= 11 is 0. The Kier molecular flexibility index (Phi) is 5.96. The van der Waals surface area contributed by atoms with Gasteiger partial charge in [0.05, 0.1) is 13.0 Å². The smallest absolute Gasteiger partial charge is 0.307 e. The van der Waals surface area contributed by atoms with Crippen molar-refractivity contribution in [3.8, 4) is 0 Å². The van der Waals surface area contributed by atoms with Crippen LogP contribution in [-0.2, 0) is 9.53 Å². The number of carbonyl (C=O) groups is 1. The van der Waals surface area contributed by atoms with Crippen molar-refractivity contribution in [2.75, 3.05) is 20.7 Å². The van der Waals surface area contributed by atoms with Crippen molar-refractivity contribution in [2.24, 2.45) is 11.8 Å². The van der Waals surface area contributed by atoms with Gasteiger partial charge in [0.2, 0.25) is 0 Å². The number of hydrogen-bond donors (Lipinski definition) is 0. The van der Waals surface area contributed by atoms with E-state index in [1.165, 1.54) is 25.7 Å². The highest BCUT2D eigenvalue weighted by atomic mass is 16.5. The Hall–Kier alpha value is -0.570. The molecule has 1 saturated carbocycles. The monoisotopic (exact) mass is 241 g/mol. The van der Waals surface area contributed by atoms with E-state index in [1.54, 1.807) is 0 Å². The summed E-state index contributed by atoms with van der Waals surface area (Å²) in [6, 6.07) is 0.344. The topological polar surface area (TPSA) is 29.5 Å². The summed E-state index contributed by atoms with van der Waals surface area (Å²) in [7, 11) is 4.15. The Morgan fingerprint density at radius 1 is 1.41 bits per heavy atom. The van der Waals surface area contributed by atoms with Crippen molar-refractivity contribution in [3.63, 3.8) is 0 Å². The van der Waals surface area contributed by atoms with Crippen LogP contribution in [-0.4, -0.2) is 37.6 Å². The molecule has 1 rings (SSSR count). The molecular formula is C14H27NO2. The summed E-state index contributed by atoms with van der Waals surface area (Å²) in [5.41, 5.74) is 0. The van der Waals surface area contributed by atoms with Gasteiger partial charge in [-0.25, -0.2) is 0 Å². The van der Waals surface area contributed by atoms with Crippen molar-refractivity contribution in [1.29, 1.82) is 0 Å². The first-order chi connectivity index (χ1) is 8.04. The Morgan fingerprint density at radius 2 is 2.12 bits per heavy atom. The van der Waals surface area contributed by atoms with E-state index < -0.39 is 0 Å². The van der Waals surface area contributed by atoms with Gasteiger partial charge < -0.3 is 9.64 Å². The van der Waals surface area contributed by atoms with E-state index in [0.717, 1.165) is 5.92 Å². The van der Waals surface area contributed by atoms with Crippen molar-refractivity contribution in [3.05, 3.63) is 0 Å². The zero-order valence-corrected chi connectivity index (χ0v) is 11.7. The van der Waals surface area contributed by atoms with Crippen molar-refractivity contribution in [2.45, 2.75) is 52.0 Å². The van der Waals surface area contributed by atoms with Gasteiger partial charge in [-0.05, 0) is 45.7 Å². The lowest BCUT2D eigenvalue weighted by Crippen LogP contribution is -2.39. The lowest BCUT2D eigenvalue weighted by atomic mass is 9.77. The van der Waals surface area contributed by atoms with Crippen molar-refractivity contribution in [1.82, 2.24) is 4.90 Å². The number of esters is 1. The van der Waals surface area contributed by atoms with Crippen LogP contribution < -0.4 is 0 Å². The van der Waals surface area contributed by atoms with Gasteiger partial charge in [0, 0.05) is 6.04 Å². The maximum atomic E-state index is 11.6. The molecule has 0 spiro atoms. The molecule has 0 aromatic heterocycles. The van der Waals surface area contributed by atoms with E-state index in [0.29, 0.717) is 25.0 Å². The quantitative estimate of drug-likeness (QED) is 0.693. The minimum Gasteiger partial charge on any atom is -0.466 e. The van der Waals surface area contributed by atoms with Gasteiger partial charge in [0.15, 0.2) is 0 Å². The predicted octanol–water partition coefficient (Wildman–Crippen LogP) is 2.70. The van der Waals surface area contributed by atoms with E-state index in [9.17, 15) is 4.79 Å². The molecule has 3 heteroatoms. The predicted molar refractivity (Wildman–Crippen MR) is 69.8 cm³/mol. The van der Waals surface area contributed by atoms with Gasteiger partial charge in [-0.1, -0.05) is 19.8 Å². The average Bonchev–Trinajstić information content (AvgIpc) is 2.26. The van der Waals surface area contributed by atoms with Crippen LogP contribution in [0.25, 0.3) is 0 Å². The molecule has 1 fully saturated rings. The highest BCUT2D eigenvalue weighted by Crippen LogP contribution is 2.33. The number of rotatable bonds is 5. The minimum absolute atomic E-state index is 0.0515. The third-order valence-corrected chi connectivity index (χ3v) is 3.87. The summed E-state index contributed by atoms with van der Waals surface area (Å²) < 4.78 is 5.07.